The second-order valence-corrected chi connectivity index (χ2v) is 8.50. The zero-order chi connectivity index (χ0) is 21.4. The van der Waals surface area contributed by atoms with Gasteiger partial charge in [0.25, 0.3) is 0 Å². The van der Waals surface area contributed by atoms with Crippen molar-refractivity contribution in [2.45, 2.75) is 20.7 Å². The summed E-state index contributed by atoms with van der Waals surface area (Å²) in [4.78, 5) is 22.6. The van der Waals surface area contributed by atoms with Gasteiger partial charge in [-0.3, -0.25) is 0 Å². The van der Waals surface area contributed by atoms with Crippen molar-refractivity contribution in [2.24, 2.45) is 0 Å². The highest BCUT2D eigenvalue weighted by atomic mass is 32.1. The first-order valence-corrected chi connectivity index (χ1v) is 11.5. The zero-order valence-electron chi connectivity index (χ0n) is 18.0. The Morgan fingerprint density at radius 1 is 1.10 bits per heavy atom. The van der Waals surface area contributed by atoms with E-state index in [-0.39, 0.29) is 0 Å². The third kappa shape index (κ3) is 3.72. The molecule has 0 spiro atoms. The van der Waals surface area contributed by atoms with Crippen LogP contribution >= 0.6 is 11.3 Å². The molecule has 1 aliphatic rings. The maximum atomic E-state index is 5.93. The van der Waals surface area contributed by atoms with Crippen LogP contribution in [0.1, 0.15) is 12.6 Å². The monoisotopic (exact) mass is 431 g/mol. The molecule has 4 aromatic rings. The van der Waals surface area contributed by atoms with Gasteiger partial charge in [0.15, 0.2) is 5.82 Å². The van der Waals surface area contributed by atoms with Crippen molar-refractivity contribution < 1.29 is 4.74 Å². The SMILES string of the molecule is C[B]c1ccc(-c2nc(C)c3c(n2)sc2c(OCC)nc(N4CCNCC4)nc23)cc1. The van der Waals surface area contributed by atoms with E-state index in [1.54, 1.807) is 11.3 Å². The highest BCUT2D eigenvalue weighted by Crippen LogP contribution is 2.39. The normalized spacial score (nSPS) is 14.4. The Kier molecular flexibility index (Phi) is 5.46. The Bertz CT molecular complexity index is 1240. The lowest BCUT2D eigenvalue weighted by Crippen LogP contribution is -2.44. The Hall–Kier alpha value is -2.78. The molecule has 0 unspecified atom stereocenters. The molecule has 7 nitrogen and oxygen atoms in total. The second kappa shape index (κ2) is 8.40. The molecule has 1 radical (unpaired) electrons. The van der Waals surface area contributed by atoms with Crippen LogP contribution in [-0.4, -0.2) is 60.0 Å². The van der Waals surface area contributed by atoms with Gasteiger partial charge in [-0.05, 0) is 13.8 Å². The molecule has 0 bridgehead atoms. The third-order valence-electron chi connectivity index (χ3n) is 5.50. The first-order chi connectivity index (χ1) is 15.2. The molecule has 1 fully saturated rings. The Morgan fingerprint density at radius 2 is 1.87 bits per heavy atom. The van der Waals surface area contributed by atoms with E-state index in [2.05, 4.69) is 41.8 Å². The number of anilines is 1. The van der Waals surface area contributed by atoms with Crippen molar-refractivity contribution in [3.8, 4) is 17.3 Å². The third-order valence-corrected chi connectivity index (χ3v) is 6.56. The quantitative estimate of drug-likeness (QED) is 0.487. The van der Waals surface area contributed by atoms with Crippen LogP contribution in [0.15, 0.2) is 24.3 Å². The predicted octanol–water partition coefficient (Wildman–Crippen LogP) is 2.80. The minimum absolute atomic E-state index is 0.554. The van der Waals surface area contributed by atoms with E-state index in [4.69, 9.17) is 24.7 Å². The van der Waals surface area contributed by atoms with Crippen LogP contribution in [0.2, 0.25) is 6.82 Å². The molecule has 1 aliphatic heterocycles. The van der Waals surface area contributed by atoms with Gasteiger partial charge in [0, 0.05) is 31.7 Å². The Balaban J connectivity index is 1.67. The number of thiophene rings is 1. The molecule has 1 aromatic carbocycles. The summed E-state index contributed by atoms with van der Waals surface area (Å²) in [6.45, 7) is 10.2. The lowest BCUT2D eigenvalue weighted by Gasteiger charge is -2.27. The second-order valence-electron chi connectivity index (χ2n) is 7.50. The molecule has 4 heterocycles. The van der Waals surface area contributed by atoms with Gasteiger partial charge in [0.2, 0.25) is 11.8 Å². The van der Waals surface area contributed by atoms with Crippen molar-refractivity contribution in [3.63, 3.8) is 0 Å². The standard InChI is InChI=1S/C22H24BN6OS/c1-4-30-20-18-17(26-22(28-20)29-11-9-24-10-12-29)16-13(2)25-19(27-21(16)31-18)14-5-7-15(23-3)8-6-14/h5-8,24H,4,9-12H2,1-3H3. The summed E-state index contributed by atoms with van der Waals surface area (Å²) in [5, 5.41) is 4.36. The van der Waals surface area contributed by atoms with Gasteiger partial charge in [-0.25, -0.2) is 15.0 Å². The molecule has 0 saturated carbocycles. The van der Waals surface area contributed by atoms with Gasteiger partial charge >= 0.3 is 0 Å². The minimum atomic E-state index is 0.554. The van der Waals surface area contributed by atoms with Crippen molar-refractivity contribution in [1.29, 1.82) is 0 Å². The molecule has 157 valence electrons. The molecule has 1 saturated heterocycles. The number of hydrogen-bond donors (Lipinski definition) is 1. The van der Waals surface area contributed by atoms with Gasteiger partial charge in [0.05, 0.1) is 17.7 Å². The summed E-state index contributed by atoms with van der Waals surface area (Å²) in [6.07, 6.45) is 0. The summed E-state index contributed by atoms with van der Waals surface area (Å²) >= 11 is 1.58. The highest BCUT2D eigenvalue weighted by molar-refractivity contribution is 7.25. The first-order valence-electron chi connectivity index (χ1n) is 10.6. The van der Waals surface area contributed by atoms with Crippen molar-refractivity contribution in [1.82, 2.24) is 25.3 Å². The van der Waals surface area contributed by atoms with Gasteiger partial charge in [0.1, 0.15) is 22.3 Å². The number of piperazine rings is 1. The molecule has 9 heteroatoms. The maximum absolute atomic E-state index is 5.93. The number of aryl methyl sites for hydroxylation is 1. The van der Waals surface area contributed by atoms with Gasteiger partial charge in [-0.15, -0.1) is 11.3 Å². The number of ether oxygens (including phenoxy) is 1. The van der Waals surface area contributed by atoms with Gasteiger partial charge < -0.3 is 15.0 Å². The predicted molar refractivity (Wildman–Crippen MR) is 128 cm³/mol. The van der Waals surface area contributed by atoms with Gasteiger partial charge in [-0.2, -0.15) is 4.98 Å². The Morgan fingerprint density at radius 3 is 2.58 bits per heavy atom. The first kappa shape index (κ1) is 20.1. The van der Waals surface area contributed by atoms with Crippen molar-refractivity contribution >= 4 is 50.5 Å². The fraction of sp³-hybridized carbons (Fsp3) is 0.364. The average molecular weight is 431 g/mol. The molecule has 3 aromatic heterocycles. The smallest absolute Gasteiger partial charge is 0.236 e. The summed E-state index contributed by atoms with van der Waals surface area (Å²) in [6, 6.07) is 8.30. The number of fused-ring (bicyclic) bond motifs is 3. The van der Waals surface area contributed by atoms with Crippen LogP contribution in [0.25, 0.3) is 31.8 Å². The fourth-order valence-corrected chi connectivity index (χ4v) is 4.97. The lowest BCUT2D eigenvalue weighted by molar-refractivity contribution is 0.331. The van der Waals surface area contributed by atoms with E-state index >= 15 is 0 Å². The minimum Gasteiger partial charge on any atom is -0.477 e. The van der Waals surface area contributed by atoms with E-state index in [0.29, 0.717) is 18.4 Å². The lowest BCUT2D eigenvalue weighted by atomic mass is 9.73. The van der Waals surface area contributed by atoms with Crippen LogP contribution in [-0.2, 0) is 0 Å². The fourth-order valence-electron chi connectivity index (χ4n) is 3.86. The average Bonchev–Trinajstić information content (AvgIpc) is 3.19. The largest absolute Gasteiger partial charge is 0.477 e. The Labute approximate surface area is 186 Å². The van der Waals surface area contributed by atoms with E-state index in [1.165, 1.54) is 5.46 Å². The van der Waals surface area contributed by atoms with E-state index < -0.39 is 0 Å². The highest BCUT2D eigenvalue weighted by Gasteiger charge is 2.22. The van der Waals surface area contributed by atoms with Gasteiger partial charge in [-0.1, -0.05) is 36.6 Å². The molecule has 5 rings (SSSR count). The molecular formula is C22H24BN6OS. The molecular weight excluding hydrogens is 407 g/mol. The topological polar surface area (TPSA) is 76.1 Å². The summed E-state index contributed by atoms with van der Waals surface area (Å²) < 4.78 is 6.86. The van der Waals surface area contributed by atoms with Crippen LogP contribution < -0.4 is 20.4 Å². The number of benzene rings is 1. The molecule has 31 heavy (non-hydrogen) atoms. The molecule has 0 atom stereocenters. The molecule has 0 amide bonds. The van der Waals surface area contributed by atoms with Crippen molar-refractivity contribution in [2.75, 3.05) is 37.7 Å². The summed E-state index contributed by atoms with van der Waals surface area (Å²) in [7, 11) is 2.08. The number of nitrogens with zero attached hydrogens (tertiary/aromatic N) is 5. The van der Waals surface area contributed by atoms with E-state index in [0.717, 1.165) is 63.7 Å². The summed E-state index contributed by atoms with van der Waals surface area (Å²) in [5.41, 5.74) is 3.99. The zero-order valence-corrected chi connectivity index (χ0v) is 18.8. The van der Waals surface area contributed by atoms with E-state index in [1.807, 2.05) is 20.7 Å². The van der Waals surface area contributed by atoms with Crippen LogP contribution in [0, 0.1) is 6.92 Å². The number of rotatable bonds is 5. The van der Waals surface area contributed by atoms with Crippen LogP contribution in [0.3, 0.4) is 0 Å². The number of hydrogen-bond acceptors (Lipinski definition) is 8. The van der Waals surface area contributed by atoms with Crippen LogP contribution in [0.4, 0.5) is 5.95 Å². The van der Waals surface area contributed by atoms with Crippen molar-refractivity contribution in [3.05, 3.63) is 30.0 Å². The number of aromatic nitrogens is 4. The molecule has 0 aliphatic carbocycles. The van der Waals surface area contributed by atoms with E-state index in [9.17, 15) is 0 Å². The maximum Gasteiger partial charge on any atom is 0.236 e. The molecule has 1 N–H and O–H groups in total. The number of nitrogens with one attached hydrogen (secondary N) is 1. The summed E-state index contributed by atoms with van der Waals surface area (Å²) in [5.74, 6) is 2.08. The van der Waals surface area contributed by atoms with Crippen LogP contribution in [0.5, 0.6) is 5.88 Å².